The number of ether oxygens (including phenoxy) is 4. The zero-order valence-corrected chi connectivity index (χ0v) is 12.8. The molecule has 0 radical (unpaired) electrons. The van der Waals surface area contributed by atoms with Crippen LogP contribution in [0.1, 0.15) is 22.3 Å². The molecule has 0 saturated carbocycles. The van der Waals surface area contributed by atoms with Crippen molar-refractivity contribution in [3.63, 3.8) is 0 Å². The van der Waals surface area contributed by atoms with E-state index in [-0.39, 0.29) is 0 Å². The maximum Gasteiger partial charge on any atom is 0.340 e. The van der Waals surface area contributed by atoms with Gasteiger partial charge in [0.05, 0.1) is 32.5 Å². The summed E-state index contributed by atoms with van der Waals surface area (Å²) in [7, 11) is 2.96. The van der Waals surface area contributed by atoms with Gasteiger partial charge in [0.25, 0.3) is 0 Å². The number of esters is 1. The minimum atomic E-state index is -0.469. The van der Waals surface area contributed by atoms with Crippen molar-refractivity contribution in [1.29, 1.82) is 0 Å². The molecule has 1 aromatic carbocycles. The third-order valence-electron chi connectivity index (χ3n) is 2.90. The molecule has 0 aromatic heterocycles. The third-order valence-corrected chi connectivity index (χ3v) is 2.90. The average molecular weight is 297 g/mol. The van der Waals surface area contributed by atoms with E-state index in [1.165, 1.54) is 7.11 Å². The molecule has 0 fully saturated rings. The van der Waals surface area contributed by atoms with E-state index in [0.717, 1.165) is 12.0 Å². The fourth-order valence-corrected chi connectivity index (χ4v) is 1.72. The number of carbonyl (C=O) groups excluding carboxylic acids is 1. The third kappa shape index (κ3) is 5.61. The van der Waals surface area contributed by atoms with Gasteiger partial charge >= 0.3 is 5.97 Å². The highest BCUT2D eigenvalue weighted by atomic mass is 16.5. The maximum absolute atomic E-state index is 11.6. The summed E-state index contributed by atoms with van der Waals surface area (Å²) >= 11 is 0. The van der Waals surface area contributed by atoms with Crippen molar-refractivity contribution < 1.29 is 23.7 Å². The Balaban J connectivity index is 2.48. The monoisotopic (exact) mass is 297 g/mol. The van der Waals surface area contributed by atoms with Crippen LogP contribution in [0.3, 0.4) is 0 Å². The number of nitrogen functional groups attached to an aromatic ring is 1. The number of rotatable bonds is 9. The normalized spacial score (nSPS) is 10.4. The van der Waals surface area contributed by atoms with Crippen LogP contribution in [0.15, 0.2) is 12.1 Å². The summed E-state index contributed by atoms with van der Waals surface area (Å²) in [6, 6.07) is 3.40. The Hall–Kier alpha value is -1.79. The summed E-state index contributed by atoms with van der Waals surface area (Å²) in [5.41, 5.74) is 7.38. The molecular formula is C15H23NO5. The Morgan fingerprint density at radius 1 is 1.14 bits per heavy atom. The Morgan fingerprint density at radius 2 is 1.90 bits per heavy atom. The van der Waals surface area contributed by atoms with Gasteiger partial charge in [-0.1, -0.05) is 0 Å². The first-order valence-electron chi connectivity index (χ1n) is 6.78. The van der Waals surface area contributed by atoms with Crippen molar-refractivity contribution >= 4 is 11.7 Å². The van der Waals surface area contributed by atoms with Crippen molar-refractivity contribution in [2.45, 2.75) is 13.3 Å². The first-order valence-corrected chi connectivity index (χ1v) is 6.78. The number of nitrogens with two attached hydrogens (primary N) is 1. The highest BCUT2D eigenvalue weighted by Gasteiger charge is 2.13. The summed E-state index contributed by atoms with van der Waals surface area (Å²) in [5, 5.41) is 0. The smallest absolute Gasteiger partial charge is 0.340 e. The van der Waals surface area contributed by atoms with E-state index in [1.807, 2.05) is 6.92 Å². The van der Waals surface area contributed by atoms with Crippen molar-refractivity contribution in [3.8, 4) is 5.75 Å². The first-order chi connectivity index (χ1) is 10.1. The second-order valence-electron chi connectivity index (χ2n) is 4.50. The molecule has 0 atom stereocenters. The molecule has 0 aliphatic heterocycles. The van der Waals surface area contributed by atoms with Crippen LogP contribution in [0.2, 0.25) is 0 Å². The Bertz CT molecular complexity index is 462. The van der Waals surface area contributed by atoms with Crippen molar-refractivity contribution in [1.82, 2.24) is 0 Å². The molecule has 6 heteroatoms. The number of anilines is 1. The van der Waals surface area contributed by atoms with Gasteiger partial charge in [-0.15, -0.1) is 0 Å². The summed E-state index contributed by atoms with van der Waals surface area (Å²) in [6.45, 7) is 4.07. The molecule has 0 aliphatic carbocycles. The van der Waals surface area contributed by atoms with Crippen molar-refractivity contribution in [3.05, 3.63) is 23.3 Å². The van der Waals surface area contributed by atoms with E-state index in [9.17, 15) is 4.79 Å². The zero-order valence-electron chi connectivity index (χ0n) is 12.8. The van der Waals surface area contributed by atoms with Crippen LogP contribution >= 0.6 is 0 Å². The second kappa shape index (κ2) is 9.20. The van der Waals surface area contributed by atoms with Gasteiger partial charge in [-0.05, 0) is 24.6 Å². The topological polar surface area (TPSA) is 80.0 Å². The van der Waals surface area contributed by atoms with Crippen LogP contribution in [0.5, 0.6) is 5.75 Å². The Kier molecular flexibility index (Phi) is 7.56. The van der Waals surface area contributed by atoms with E-state index in [1.54, 1.807) is 19.2 Å². The predicted octanol–water partition coefficient (Wildman–Crippen LogP) is 1.80. The fraction of sp³-hybridized carbons (Fsp3) is 0.533. The molecular weight excluding hydrogens is 274 g/mol. The van der Waals surface area contributed by atoms with Gasteiger partial charge in [0, 0.05) is 25.8 Å². The summed E-state index contributed by atoms with van der Waals surface area (Å²) in [6.07, 6.45) is 0.751. The number of aryl methyl sites for hydroxylation is 1. The molecule has 118 valence electrons. The number of hydrogen-bond donors (Lipinski definition) is 1. The van der Waals surface area contributed by atoms with Crippen LogP contribution in [0.4, 0.5) is 5.69 Å². The molecule has 0 saturated heterocycles. The number of methoxy groups -OCH3 is 2. The highest BCUT2D eigenvalue weighted by Crippen LogP contribution is 2.25. The molecule has 0 aliphatic rings. The van der Waals surface area contributed by atoms with Gasteiger partial charge in [-0.3, -0.25) is 0 Å². The maximum atomic E-state index is 11.6. The van der Waals surface area contributed by atoms with Gasteiger partial charge in [0.1, 0.15) is 5.75 Å². The van der Waals surface area contributed by atoms with Gasteiger partial charge in [-0.2, -0.15) is 0 Å². The minimum absolute atomic E-state index is 0.323. The van der Waals surface area contributed by atoms with Crippen LogP contribution in [-0.4, -0.2) is 46.6 Å². The lowest BCUT2D eigenvalue weighted by Gasteiger charge is -2.12. The number of carbonyl (C=O) groups is 1. The summed E-state index contributed by atoms with van der Waals surface area (Å²) < 4.78 is 20.5. The fourth-order valence-electron chi connectivity index (χ4n) is 1.72. The lowest BCUT2D eigenvalue weighted by Crippen LogP contribution is -2.09. The first kappa shape index (κ1) is 17.3. The van der Waals surface area contributed by atoms with Gasteiger partial charge < -0.3 is 24.7 Å². The predicted molar refractivity (Wildman–Crippen MR) is 79.7 cm³/mol. The van der Waals surface area contributed by atoms with E-state index >= 15 is 0 Å². The quantitative estimate of drug-likeness (QED) is 0.425. The minimum Gasteiger partial charge on any atom is -0.493 e. The molecule has 21 heavy (non-hydrogen) atoms. The van der Waals surface area contributed by atoms with Crippen LogP contribution in [0, 0.1) is 6.92 Å². The summed E-state index contributed by atoms with van der Waals surface area (Å²) in [5.74, 6) is 0.128. The van der Waals surface area contributed by atoms with E-state index in [0.29, 0.717) is 43.4 Å². The Morgan fingerprint density at radius 3 is 2.57 bits per heavy atom. The van der Waals surface area contributed by atoms with Gasteiger partial charge in [0.15, 0.2) is 0 Å². The van der Waals surface area contributed by atoms with Crippen LogP contribution < -0.4 is 10.5 Å². The molecule has 0 unspecified atom stereocenters. The SMILES string of the molecule is COCCOCCCOc1cc(C)c(N)c(C(=O)OC)c1. The molecule has 0 spiro atoms. The standard InChI is InChI=1S/C15H23NO5/c1-11-9-12(10-13(14(11)16)15(17)19-3)21-6-4-5-20-8-7-18-2/h9-10H,4-8,16H2,1-3H3. The molecule has 2 N–H and O–H groups in total. The number of hydrogen-bond acceptors (Lipinski definition) is 6. The molecule has 0 bridgehead atoms. The van der Waals surface area contributed by atoms with Gasteiger partial charge in [-0.25, -0.2) is 4.79 Å². The Labute approximate surface area is 125 Å². The molecule has 0 amide bonds. The largest absolute Gasteiger partial charge is 0.493 e. The molecule has 0 heterocycles. The number of benzene rings is 1. The van der Waals surface area contributed by atoms with Crippen LogP contribution in [0.25, 0.3) is 0 Å². The van der Waals surface area contributed by atoms with E-state index in [2.05, 4.69) is 0 Å². The molecule has 1 rings (SSSR count). The van der Waals surface area contributed by atoms with E-state index in [4.69, 9.17) is 24.7 Å². The summed E-state index contributed by atoms with van der Waals surface area (Å²) in [4.78, 5) is 11.6. The zero-order chi connectivity index (χ0) is 15.7. The molecule has 6 nitrogen and oxygen atoms in total. The molecule has 1 aromatic rings. The van der Waals surface area contributed by atoms with Crippen LogP contribution in [-0.2, 0) is 14.2 Å². The lowest BCUT2D eigenvalue weighted by molar-refractivity contribution is 0.0600. The van der Waals surface area contributed by atoms with Crippen molar-refractivity contribution in [2.24, 2.45) is 0 Å². The lowest BCUT2D eigenvalue weighted by atomic mass is 10.1. The van der Waals surface area contributed by atoms with E-state index < -0.39 is 5.97 Å². The average Bonchev–Trinajstić information content (AvgIpc) is 2.48. The second-order valence-corrected chi connectivity index (χ2v) is 4.50. The van der Waals surface area contributed by atoms with Gasteiger partial charge in [0.2, 0.25) is 0 Å². The highest BCUT2D eigenvalue weighted by molar-refractivity contribution is 5.96. The van der Waals surface area contributed by atoms with Crippen molar-refractivity contribution in [2.75, 3.05) is 46.4 Å².